The van der Waals surface area contributed by atoms with Crippen molar-refractivity contribution in [2.24, 2.45) is 0 Å². The summed E-state index contributed by atoms with van der Waals surface area (Å²) < 4.78 is 11.0. The first-order chi connectivity index (χ1) is 9.22. The first kappa shape index (κ1) is 12.2. The fourth-order valence-corrected chi connectivity index (χ4v) is 1.88. The summed E-state index contributed by atoms with van der Waals surface area (Å²) in [5.74, 6) is 0.795. The average molecular weight is 258 g/mol. The number of benzene rings is 1. The summed E-state index contributed by atoms with van der Waals surface area (Å²) in [7, 11) is 0. The number of rotatable bonds is 5. The molecule has 0 bridgehead atoms. The molecule has 3 rings (SSSR count). The van der Waals surface area contributed by atoms with Crippen molar-refractivity contribution in [2.45, 2.75) is 39.3 Å². The van der Waals surface area contributed by atoms with E-state index < -0.39 is 0 Å². The van der Waals surface area contributed by atoms with E-state index >= 15 is 0 Å². The summed E-state index contributed by atoms with van der Waals surface area (Å²) in [6, 6.07) is 6.62. The van der Waals surface area contributed by atoms with Gasteiger partial charge in [-0.1, -0.05) is 12.1 Å². The lowest BCUT2D eigenvalue weighted by Crippen LogP contribution is -2.15. The van der Waals surface area contributed by atoms with E-state index in [0.717, 1.165) is 23.6 Å². The zero-order chi connectivity index (χ0) is 13.2. The Kier molecular flexibility index (Phi) is 3.25. The minimum Gasteiger partial charge on any atom is -0.417 e. The minimum atomic E-state index is 0.307. The SMILES string of the molecule is Cc1cccc(Oc2nc(CNC3CC3)co2)c1C. The highest BCUT2D eigenvalue weighted by atomic mass is 16.6. The number of aryl methyl sites for hydroxylation is 1. The zero-order valence-electron chi connectivity index (χ0n) is 11.3. The third-order valence-corrected chi connectivity index (χ3v) is 3.43. The van der Waals surface area contributed by atoms with Gasteiger partial charge in [-0.05, 0) is 43.9 Å². The van der Waals surface area contributed by atoms with Crippen molar-refractivity contribution in [3.8, 4) is 11.8 Å². The molecule has 2 aromatic rings. The molecule has 0 amide bonds. The molecule has 19 heavy (non-hydrogen) atoms. The van der Waals surface area contributed by atoms with Gasteiger partial charge in [0.2, 0.25) is 0 Å². The van der Waals surface area contributed by atoms with Crippen LogP contribution >= 0.6 is 0 Å². The Morgan fingerprint density at radius 3 is 3.00 bits per heavy atom. The van der Waals surface area contributed by atoms with Gasteiger partial charge in [-0.2, -0.15) is 4.98 Å². The first-order valence-corrected chi connectivity index (χ1v) is 6.64. The number of nitrogens with one attached hydrogen (secondary N) is 1. The molecule has 1 N–H and O–H groups in total. The molecule has 0 unspecified atom stereocenters. The van der Waals surface area contributed by atoms with Crippen molar-refractivity contribution >= 4 is 0 Å². The summed E-state index contributed by atoms with van der Waals surface area (Å²) >= 11 is 0. The Labute approximate surface area is 112 Å². The van der Waals surface area contributed by atoms with Crippen LogP contribution in [0.1, 0.15) is 29.7 Å². The highest BCUT2D eigenvalue weighted by molar-refractivity contribution is 5.39. The fraction of sp³-hybridized carbons (Fsp3) is 0.400. The predicted octanol–water partition coefficient (Wildman–Crippen LogP) is 3.34. The number of aromatic nitrogens is 1. The van der Waals surface area contributed by atoms with Gasteiger partial charge in [-0.25, -0.2) is 0 Å². The van der Waals surface area contributed by atoms with Crippen LogP contribution in [-0.4, -0.2) is 11.0 Å². The van der Waals surface area contributed by atoms with Gasteiger partial charge in [-0.15, -0.1) is 0 Å². The number of oxazole rings is 1. The lowest BCUT2D eigenvalue weighted by molar-refractivity contribution is 0.329. The van der Waals surface area contributed by atoms with Crippen LogP contribution in [0.4, 0.5) is 0 Å². The maximum atomic E-state index is 5.69. The molecule has 100 valence electrons. The van der Waals surface area contributed by atoms with Crippen molar-refractivity contribution in [3.05, 3.63) is 41.3 Å². The summed E-state index contributed by atoms with van der Waals surface area (Å²) in [5, 5.41) is 3.39. The maximum Gasteiger partial charge on any atom is 0.399 e. The van der Waals surface area contributed by atoms with Crippen LogP contribution < -0.4 is 10.1 Å². The quantitative estimate of drug-likeness (QED) is 0.893. The van der Waals surface area contributed by atoms with Crippen LogP contribution in [0.15, 0.2) is 28.9 Å². The van der Waals surface area contributed by atoms with Crippen molar-refractivity contribution in [3.63, 3.8) is 0 Å². The second kappa shape index (κ2) is 5.05. The Bertz CT molecular complexity index is 573. The molecule has 4 heteroatoms. The molecule has 1 fully saturated rings. The summed E-state index contributed by atoms with van der Waals surface area (Å²) in [4.78, 5) is 4.32. The van der Waals surface area contributed by atoms with Gasteiger partial charge >= 0.3 is 6.08 Å². The molecule has 0 spiro atoms. The number of hydrogen-bond donors (Lipinski definition) is 1. The second-order valence-electron chi connectivity index (χ2n) is 5.06. The number of hydrogen-bond acceptors (Lipinski definition) is 4. The van der Waals surface area contributed by atoms with Gasteiger partial charge in [-0.3, -0.25) is 0 Å². The Morgan fingerprint density at radius 1 is 1.37 bits per heavy atom. The highest BCUT2D eigenvalue weighted by Crippen LogP contribution is 2.26. The van der Waals surface area contributed by atoms with Gasteiger partial charge in [0.15, 0.2) is 0 Å². The third-order valence-electron chi connectivity index (χ3n) is 3.43. The van der Waals surface area contributed by atoms with Crippen LogP contribution in [-0.2, 0) is 6.54 Å². The van der Waals surface area contributed by atoms with Crippen LogP contribution in [0.25, 0.3) is 0 Å². The zero-order valence-corrected chi connectivity index (χ0v) is 11.3. The third kappa shape index (κ3) is 2.96. The van der Waals surface area contributed by atoms with E-state index in [0.29, 0.717) is 12.1 Å². The first-order valence-electron chi connectivity index (χ1n) is 6.64. The van der Waals surface area contributed by atoms with E-state index in [1.165, 1.54) is 18.4 Å². The van der Waals surface area contributed by atoms with Crippen molar-refractivity contribution in [2.75, 3.05) is 0 Å². The lowest BCUT2D eigenvalue weighted by Gasteiger charge is -2.06. The lowest BCUT2D eigenvalue weighted by atomic mass is 10.1. The van der Waals surface area contributed by atoms with Gasteiger partial charge in [0, 0.05) is 12.6 Å². The van der Waals surface area contributed by atoms with E-state index in [9.17, 15) is 0 Å². The summed E-state index contributed by atoms with van der Waals surface area (Å²) in [5.41, 5.74) is 3.19. The van der Waals surface area contributed by atoms with E-state index in [1.54, 1.807) is 6.26 Å². The maximum absolute atomic E-state index is 5.69. The van der Waals surface area contributed by atoms with Gasteiger partial charge < -0.3 is 14.5 Å². The molecule has 1 aromatic heterocycles. The van der Waals surface area contributed by atoms with Crippen LogP contribution in [0, 0.1) is 13.8 Å². The predicted molar refractivity (Wildman–Crippen MR) is 72.4 cm³/mol. The standard InChI is InChI=1S/C15H18N2O2/c1-10-4-3-5-14(11(10)2)19-15-17-13(9-18-15)8-16-12-6-7-12/h3-5,9,12,16H,6-8H2,1-2H3. The van der Waals surface area contributed by atoms with E-state index in [-0.39, 0.29) is 0 Å². The summed E-state index contributed by atoms with van der Waals surface area (Å²) in [6.07, 6.45) is 4.49. The molecule has 1 saturated carbocycles. The molecule has 1 aliphatic rings. The van der Waals surface area contributed by atoms with E-state index in [4.69, 9.17) is 9.15 Å². The second-order valence-corrected chi connectivity index (χ2v) is 5.06. The number of ether oxygens (including phenoxy) is 1. The van der Waals surface area contributed by atoms with Crippen molar-refractivity contribution in [1.82, 2.24) is 10.3 Å². The van der Waals surface area contributed by atoms with Gasteiger partial charge in [0.25, 0.3) is 0 Å². The fourth-order valence-electron chi connectivity index (χ4n) is 1.88. The molecule has 4 nitrogen and oxygen atoms in total. The molecule has 0 aliphatic heterocycles. The molecular weight excluding hydrogens is 240 g/mol. The molecule has 1 heterocycles. The number of nitrogens with zero attached hydrogens (tertiary/aromatic N) is 1. The molecule has 0 saturated heterocycles. The largest absolute Gasteiger partial charge is 0.417 e. The Morgan fingerprint density at radius 2 is 2.21 bits per heavy atom. The van der Waals surface area contributed by atoms with Crippen LogP contribution in [0.3, 0.4) is 0 Å². The monoisotopic (exact) mass is 258 g/mol. The average Bonchev–Trinajstić information content (AvgIpc) is 3.13. The Hall–Kier alpha value is -1.81. The molecule has 0 radical (unpaired) electrons. The van der Waals surface area contributed by atoms with E-state index in [2.05, 4.69) is 23.3 Å². The smallest absolute Gasteiger partial charge is 0.399 e. The molecule has 0 atom stereocenters. The Balaban J connectivity index is 1.67. The van der Waals surface area contributed by atoms with Crippen molar-refractivity contribution < 1.29 is 9.15 Å². The normalized spacial score (nSPS) is 14.6. The van der Waals surface area contributed by atoms with Crippen LogP contribution in [0.5, 0.6) is 11.8 Å². The van der Waals surface area contributed by atoms with Gasteiger partial charge in [0.05, 0.1) is 5.69 Å². The summed E-state index contributed by atoms with van der Waals surface area (Å²) in [6.45, 7) is 4.83. The van der Waals surface area contributed by atoms with Crippen LogP contribution in [0.2, 0.25) is 0 Å². The highest BCUT2D eigenvalue weighted by Gasteiger charge is 2.20. The molecular formula is C15H18N2O2. The van der Waals surface area contributed by atoms with E-state index in [1.807, 2.05) is 19.1 Å². The van der Waals surface area contributed by atoms with Gasteiger partial charge in [0.1, 0.15) is 12.0 Å². The molecule has 1 aliphatic carbocycles. The minimum absolute atomic E-state index is 0.307. The molecule has 1 aromatic carbocycles. The van der Waals surface area contributed by atoms with Crippen molar-refractivity contribution in [1.29, 1.82) is 0 Å². The topological polar surface area (TPSA) is 47.3 Å².